The fraction of sp³-hybridized carbons (Fsp3) is 0.375. The number of rotatable bonds is 3. The van der Waals surface area contributed by atoms with E-state index in [2.05, 4.69) is 0 Å². The fourth-order valence-corrected chi connectivity index (χ4v) is 1.38. The quantitative estimate of drug-likeness (QED) is 0.701. The minimum absolute atomic E-state index is 0.653. The average molecular weight is 172 g/mol. The maximum atomic E-state index is 9.90. The van der Waals surface area contributed by atoms with Gasteiger partial charge in [-0.2, -0.15) is 0 Å². The highest BCUT2D eigenvalue weighted by atomic mass is 32.1. The number of carbonyl (C=O) groups excluding carboxylic acids is 1. The summed E-state index contributed by atoms with van der Waals surface area (Å²) in [5.74, 6) is 0. The lowest BCUT2D eigenvalue weighted by atomic mass is 10.3. The molecular weight excluding hydrogens is 160 g/mol. The van der Waals surface area contributed by atoms with E-state index < -0.39 is 0 Å². The molecule has 0 aliphatic carbocycles. The fourth-order valence-electron chi connectivity index (χ4n) is 0.656. The van der Waals surface area contributed by atoms with E-state index in [-0.39, 0.29) is 0 Å². The Morgan fingerprint density at radius 2 is 2.36 bits per heavy atom. The summed E-state index contributed by atoms with van der Waals surface area (Å²) >= 11 is 1.70. The normalized spacial score (nSPS) is 8.18. The average Bonchev–Trinajstić information content (AvgIpc) is 2.57. The predicted molar refractivity (Wildman–Crippen MR) is 46.8 cm³/mol. The van der Waals surface area contributed by atoms with Crippen LogP contribution < -0.4 is 0 Å². The number of aldehydes is 1. The Bertz CT molecular complexity index is 170. The molecule has 0 aliphatic heterocycles. The highest BCUT2D eigenvalue weighted by Gasteiger charge is 1.89. The molecule has 0 aromatic carbocycles. The zero-order valence-electron chi connectivity index (χ0n) is 6.49. The van der Waals surface area contributed by atoms with Crippen LogP contribution in [0, 0.1) is 0 Å². The Balaban J connectivity index is 0.000000461. The van der Waals surface area contributed by atoms with Gasteiger partial charge in [0.1, 0.15) is 6.29 Å². The van der Waals surface area contributed by atoms with Gasteiger partial charge in [-0.15, -0.1) is 11.3 Å². The molecule has 62 valence electrons. The largest absolute Gasteiger partial charge is 0.400 e. The van der Waals surface area contributed by atoms with Crippen molar-refractivity contribution < 1.29 is 9.90 Å². The van der Waals surface area contributed by atoms with Gasteiger partial charge in [-0.05, 0) is 17.9 Å². The van der Waals surface area contributed by atoms with Gasteiger partial charge in [0.2, 0.25) is 0 Å². The first-order valence-electron chi connectivity index (χ1n) is 3.34. The van der Waals surface area contributed by atoms with E-state index in [1.807, 2.05) is 17.5 Å². The summed E-state index contributed by atoms with van der Waals surface area (Å²) in [6.07, 6.45) is 2.52. The Morgan fingerprint density at radius 3 is 2.82 bits per heavy atom. The first kappa shape index (κ1) is 10.3. The Labute approximate surface area is 70.5 Å². The lowest BCUT2D eigenvalue weighted by molar-refractivity contribution is -0.107. The number of aliphatic hydroxyl groups is 1. The van der Waals surface area contributed by atoms with Crippen LogP contribution in [0.4, 0.5) is 0 Å². The van der Waals surface area contributed by atoms with Gasteiger partial charge in [0.05, 0.1) is 0 Å². The maximum Gasteiger partial charge on any atom is 0.120 e. The van der Waals surface area contributed by atoms with Crippen molar-refractivity contribution in [3.05, 3.63) is 22.4 Å². The molecule has 1 N–H and O–H groups in total. The van der Waals surface area contributed by atoms with Gasteiger partial charge >= 0.3 is 0 Å². The van der Waals surface area contributed by atoms with Crippen LogP contribution in [0.15, 0.2) is 17.5 Å². The monoisotopic (exact) mass is 172 g/mol. The number of aryl methyl sites for hydroxylation is 1. The van der Waals surface area contributed by atoms with Gasteiger partial charge < -0.3 is 9.90 Å². The van der Waals surface area contributed by atoms with E-state index in [0.29, 0.717) is 6.42 Å². The molecule has 1 rings (SSSR count). The van der Waals surface area contributed by atoms with Crippen molar-refractivity contribution in [3.8, 4) is 0 Å². The summed E-state index contributed by atoms with van der Waals surface area (Å²) in [7, 11) is 1.00. The number of hydrogen-bond acceptors (Lipinski definition) is 3. The molecule has 0 saturated carbocycles. The van der Waals surface area contributed by atoms with E-state index in [9.17, 15) is 4.79 Å². The van der Waals surface area contributed by atoms with Crippen molar-refractivity contribution >= 4 is 17.6 Å². The molecular formula is C8H12O2S. The second-order valence-electron chi connectivity index (χ2n) is 1.78. The second-order valence-corrected chi connectivity index (χ2v) is 2.82. The first-order valence-corrected chi connectivity index (χ1v) is 4.22. The molecule has 0 saturated heterocycles. The third-order valence-electron chi connectivity index (χ3n) is 1.09. The van der Waals surface area contributed by atoms with Crippen molar-refractivity contribution in [2.45, 2.75) is 12.8 Å². The van der Waals surface area contributed by atoms with Crippen LogP contribution in [-0.4, -0.2) is 18.5 Å². The minimum atomic E-state index is 0.653. The van der Waals surface area contributed by atoms with E-state index in [1.54, 1.807) is 11.3 Å². The molecule has 0 unspecified atom stereocenters. The first-order chi connectivity index (χ1) is 5.43. The molecule has 11 heavy (non-hydrogen) atoms. The van der Waals surface area contributed by atoms with Crippen molar-refractivity contribution in [3.63, 3.8) is 0 Å². The second kappa shape index (κ2) is 7.44. The van der Waals surface area contributed by atoms with Gasteiger partial charge in [0.15, 0.2) is 0 Å². The zero-order valence-corrected chi connectivity index (χ0v) is 7.30. The van der Waals surface area contributed by atoms with E-state index in [0.717, 1.165) is 19.8 Å². The topological polar surface area (TPSA) is 37.3 Å². The third-order valence-corrected chi connectivity index (χ3v) is 2.02. The molecule has 0 amide bonds. The van der Waals surface area contributed by atoms with Crippen LogP contribution in [0.5, 0.6) is 0 Å². The molecule has 1 heterocycles. The van der Waals surface area contributed by atoms with Gasteiger partial charge in [0, 0.05) is 18.4 Å². The highest BCUT2D eigenvalue weighted by Crippen LogP contribution is 2.09. The van der Waals surface area contributed by atoms with Crippen LogP contribution in [0.1, 0.15) is 11.3 Å². The molecule has 3 heteroatoms. The summed E-state index contributed by atoms with van der Waals surface area (Å²) < 4.78 is 0. The highest BCUT2D eigenvalue weighted by molar-refractivity contribution is 7.09. The molecule has 0 aliphatic rings. The van der Waals surface area contributed by atoms with Crippen molar-refractivity contribution in [2.75, 3.05) is 7.11 Å². The molecule has 0 fully saturated rings. The molecule has 0 radical (unpaired) electrons. The summed E-state index contributed by atoms with van der Waals surface area (Å²) in [4.78, 5) is 11.2. The number of aliphatic hydroxyl groups excluding tert-OH is 1. The SMILES string of the molecule is CO.O=CCCc1cccs1. The van der Waals surface area contributed by atoms with Crippen molar-refractivity contribution in [1.29, 1.82) is 0 Å². The molecule has 1 aromatic rings. The van der Waals surface area contributed by atoms with E-state index >= 15 is 0 Å². The Kier molecular flexibility index (Phi) is 6.98. The number of thiophene rings is 1. The summed E-state index contributed by atoms with van der Waals surface area (Å²) in [5, 5.41) is 9.03. The summed E-state index contributed by atoms with van der Waals surface area (Å²) in [6.45, 7) is 0. The van der Waals surface area contributed by atoms with Gasteiger partial charge in [-0.25, -0.2) is 0 Å². The van der Waals surface area contributed by atoms with E-state index in [1.165, 1.54) is 4.88 Å². The standard InChI is InChI=1S/C7H8OS.CH4O/c8-5-1-3-7-4-2-6-9-7;1-2/h2,4-6H,1,3H2;2H,1H3. The van der Waals surface area contributed by atoms with Gasteiger partial charge in [-0.3, -0.25) is 0 Å². The molecule has 2 nitrogen and oxygen atoms in total. The predicted octanol–water partition coefficient (Wildman–Crippen LogP) is 1.49. The molecule has 0 spiro atoms. The minimum Gasteiger partial charge on any atom is -0.400 e. The number of carbonyl (C=O) groups is 1. The van der Waals surface area contributed by atoms with Crippen LogP contribution in [-0.2, 0) is 11.2 Å². The smallest absolute Gasteiger partial charge is 0.120 e. The zero-order chi connectivity index (χ0) is 8.53. The van der Waals surface area contributed by atoms with E-state index in [4.69, 9.17) is 5.11 Å². The van der Waals surface area contributed by atoms with Gasteiger partial charge in [0.25, 0.3) is 0 Å². The van der Waals surface area contributed by atoms with Crippen molar-refractivity contribution in [1.82, 2.24) is 0 Å². The van der Waals surface area contributed by atoms with Crippen LogP contribution in [0.3, 0.4) is 0 Å². The summed E-state index contributed by atoms with van der Waals surface area (Å²) in [5.41, 5.74) is 0. The van der Waals surface area contributed by atoms with Crippen LogP contribution >= 0.6 is 11.3 Å². The Hall–Kier alpha value is -0.670. The van der Waals surface area contributed by atoms with Crippen molar-refractivity contribution in [2.24, 2.45) is 0 Å². The van der Waals surface area contributed by atoms with Crippen LogP contribution in [0.2, 0.25) is 0 Å². The maximum absolute atomic E-state index is 9.90. The Morgan fingerprint density at radius 1 is 1.64 bits per heavy atom. The van der Waals surface area contributed by atoms with Crippen LogP contribution in [0.25, 0.3) is 0 Å². The number of hydrogen-bond donors (Lipinski definition) is 1. The van der Waals surface area contributed by atoms with Gasteiger partial charge in [-0.1, -0.05) is 6.07 Å². The molecule has 1 aromatic heterocycles. The molecule has 0 bridgehead atoms. The summed E-state index contributed by atoms with van der Waals surface area (Å²) in [6, 6.07) is 4.05. The lowest BCUT2D eigenvalue weighted by Gasteiger charge is -1.85. The lowest BCUT2D eigenvalue weighted by Crippen LogP contribution is -1.78. The third kappa shape index (κ3) is 4.70. The molecule has 0 atom stereocenters.